The topological polar surface area (TPSA) is 44.5 Å². The molecule has 0 aromatic heterocycles. The normalized spacial score (nSPS) is 37.1. The highest BCUT2D eigenvalue weighted by atomic mass is 16.5. The first-order chi connectivity index (χ1) is 7.74. The van der Waals surface area contributed by atoms with E-state index in [0.717, 1.165) is 44.5 Å². The minimum atomic E-state index is 0.101. The van der Waals surface area contributed by atoms with Crippen molar-refractivity contribution in [3.05, 3.63) is 0 Å². The van der Waals surface area contributed by atoms with Gasteiger partial charge in [0.25, 0.3) is 0 Å². The maximum absolute atomic E-state index is 6.48. The number of nitrogens with two attached hydrogens (primary N) is 1. The Hall–Kier alpha value is -0.120. The van der Waals surface area contributed by atoms with Crippen molar-refractivity contribution in [1.82, 2.24) is 0 Å². The van der Waals surface area contributed by atoms with Crippen LogP contribution in [0.3, 0.4) is 0 Å². The summed E-state index contributed by atoms with van der Waals surface area (Å²) in [5, 5.41) is 0. The fraction of sp³-hybridized carbons (Fsp3) is 1.00. The lowest BCUT2D eigenvalue weighted by atomic mass is 9.80. The Bertz CT molecular complexity index is 222. The predicted molar refractivity (Wildman–Crippen MR) is 64.3 cm³/mol. The molecule has 16 heavy (non-hydrogen) atoms. The van der Waals surface area contributed by atoms with Gasteiger partial charge in [0.2, 0.25) is 0 Å². The summed E-state index contributed by atoms with van der Waals surface area (Å²) < 4.78 is 10.6. The van der Waals surface area contributed by atoms with Crippen LogP contribution in [0.5, 0.6) is 0 Å². The van der Waals surface area contributed by atoms with E-state index in [2.05, 4.69) is 0 Å². The van der Waals surface area contributed by atoms with Crippen molar-refractivity contribution in [3.63, 3.8) is 0 Å². The zero-order valence-corrected chi connectivity index (χ0v) is 10.4. The van der Waals surface area contributed by atoms with Gasteiger partial charge in [0.05, 0.1) is 0 Å². The average Bonchev–Trinajstić information content (AvgIpc) is 2.83. The van der Waals surface area contributed by atoms with E-state index in [1.807, 2.05) is 0 Å². The van der Waals surface area contributed by atoms with Crippen molar-refractivity contribution in [2.75, 3.05) is 26.9 Å². The molecule has 2 fully saturated rings. The summed E-state index contributed by atoms with van der Waals surface area (Å²) in [6.07, 6.45) is 7.41. The van der Waals surface area contributed by atoms with Crippen molar-refractivity contribution in [2.24, 2.45) is 17.6 Å². The van der Waals surface area contributed by atoms with Crippen LogP contribution in [0.1, 0.15) is 38.5 Å². The Labute approximate surface area is 98.7 Å². The molecule has 3 atom stereocenters. The number of rotatable bonds is 7. The molecular weight excluding hydrogens is 202 g/mol. The second-order valence-corrected chi connectivity index (χ2v) is 5.52. The van der Waals surface area contributed by atoms with E-state index in [1.165, 1.54) is 25.7 Å². The minimum Gasteiger partial charge on any atom is -0.385 e. The number of ether oxygens (including phenoxy) is 2. The summed E-state index contributed by atoms with van der Waals surface area (Å²) in [7, 11) is 1.73. The molecule has 0 radical (unpaired) electrons. The Morgan fingerprint density at radius 3 is 2.75 bits per heavy atom. The molecule has 2 aliphatic carbocycles. The van der Waals surface area contributed by atoms with Gasteiger partial charge in [-0.05, 0) is 43.9 Å². The summed E-state index contributed by atoms with van der Waals surface area (Å²) in [5.41, 5.74) is 6.58. The van der Waals surface area contributed by atoms with Crippen LogP contribution in [0.4, 0.5) is 0 Å². The van der Waals surface area contributed by atoms with Crippen LogP contribution in [0.2, 0.25) is 0 Å². The van der Waals surface area contributed by atoms with E-state index < -0.39 is 0 Å². The third-order valence-corrected chi connectivity index (χ3v) is 4.37. The fourth-order valence-electron chi connectivity index (χ4n) is 3.46. The Kier molecular flexibility index (Phi) is 4.22. The summed E-state index contributed by atoms with van der Waals surface area (Å²) in [5.74, 6) is 1.70. The Morgan fingerprint density at radius 2 is 2.12 bits per heavy atom. The van der Waals surface area contributed by atoms with Gasteiger partial charge in [-0.1, -0.05) is 6.42 Å². The van der Waals surface area contributed by atoms with Gasteiger partial charge >= 0.3 is 0 Å². The third kappa shape index (κ3) is 2.76. The zero-order chi connectivity index (χ0) is 11.4. The van der Waals surface area contributed by atoms with Crippen molar-refractivity contribution < 1.29 is 9.47 Å². The highest BCUT2D eigenvalue weighted by molar-refractivity contribution is 5.04. The third-order valence-electron chi connectivity index (χ3n) is 4.37. The van der Waals surface area contributed by atoms with Crippen molar-refractivity contribution in [2.45, 2.75) is 44.1 Å². The Balaban J connectivity index is 1.59. The van der Waals surface area contributed by atoms with Gasteiger partial charge in [0.1, 0.15) is 0 Å². The molecule has 94 valence electrons. The molecule has 0 amide bonds. The van der Waals surface area contributed by atoms with E-state index in [-0.39, 0.29) is 5.54 Å². The molecule has 2 saturated carbocycles. The Morgan fingerprint density at radius 1 is 1.25 bits per heavy atom. The first kappa shape index (κ1) is 12.3. The summed E-state index contributed by atoms with van der Waals surface area (Å²) >= 11 is 0. The monoisotopic (exact) mass is 227 g/mol. The number of fused-ring (bicyclic) bond motifs is 2. The predicted octanol–water partition coefficient (Wildman–Crippen LogP) is 1.95. The van der Waals surface area contributed by atoms with Crippen LogP contribution in [-0.4, -0.2) is 32.5 Å². The van der Waals surface area contributed by atoms with Crippen LogP contribution in [-0.2, 0) is 9.47 Å². The van der Waals surface area contributed by atoms with E-state index >= 15 is 0 Å². The molecule has 2 rings (SSSR count). The van der Waals surface area contributed by atoms with Crippen molar-refractivity contribution in [3.8, 4) is 0 Å². The molecular formula is C13H25NO2. The number of methoxy groups -OCH3 is 1. The molecule has 2 N–H and O–H groups in total. The first-order valence-corrected chi connectivity index (χ1v) is 6.60. The molecule has 3 heteroatoms. The van der Waals surface area contributed by atoms with E-state index in [1.54, 1.807) is 7.11 Å². The molecule has 0 heterocycles. The molecule has 3 unspecified atom stereocenters. The molecule has 3 nitrogen and oxygen atoms in total. The lowest BCUT2D eigenvalue weighted by molar-refractivity contribution is 0.0815. The highest BCUT2D eigenvalue weighted by Crippen LogP contribution is 2.50. The smallest absolute Gasteiger partial charge is 0.0487 e. The molecule has 0 aromatic rings. The van der Waals surface area contributed by atoms with Gasteiger partial charge in [-0.25, -0.2) is 0 Å². The standard InChI is InChI=1S/C13H25NO2/c1-15-6-2-7-16-8-5-13(14)10-11-3-4-12(13)9-11/h11-12H,2-10,14H2,1H3. The van der Waals surface area contributed by atoms with Gasteiger partial charge in [-0.3, -0.25) is 0 Å². The van der Waals surface area contributed by atoms with Gasteiger partial charge in [-0.15, -0.1) is 0 Å². The van der Waals surface area contributed by atoms with Gasteiger partial charge in [0.15, 0.2) is 0 Å². The summed E-state index contributed by atoms with van der Waals surface area (Å²) in [6, 6.07) is 0. The largest absolute Gasteiger partial charge is 0.385 e. The maximum atomic E-state index is 6.48. The van der Waals surface area contributed by atoms with Crippen molar-refractivity contribution >= 4 is 0 Å². The molecule has 2 aliphatic rings. The lowest BCUT2D eigenvalue weighted by Crippen LogP contribution is -2.45. The average molecular weight is 227 g/mol. The second kappa shape index (κ2) is 5.48. The zero-order valence-electron chi connectivity index (χ0n) is 10.4. The minimum absolute atomic E-state index is 0.101. The van der Waals surface area contributed by atoms with Gasteiger partial charge in [0, 0.05) is 32.5 Å². The van der Waals surface area contributed by atoms with Crippen LogP contribution >= 0.6 is 0 Å². The highest BCUT2D eigenvalue weighted by Gasteiger charge is 2.47. The van der Waals surface area contributed by atoms with E-state index in [4.69, 9.17) is 15.2 Å². The van der Waals surface area contributed by atoms with Gasteiger partial charge < -0.3 is 15.2 Å². The van der Waals surface area contributed by atoms with E-state index in [9.17, 15) is 0 Å². The van der Waals surface area contributed by atoms with Crippen LogP contribution in [0, 0.1) is 11.8 Å². The van der Waals surface area contributed by atoms with Crippen molar-refractivity contribution in [1.29, 1.82) is 0 Å². The van der Waals surface area contributed by atoms with Gasteiger partial charge in [-0.2, -0.15) is 0 Å². The summed E-state index contributed by atoms with van der Waals surface area (Å²) in [4.78, 5) is 0. The summed E-state index contributed by atoms with van der Waals surface area (Å²) in [6.45, 7) is 2.42. The lowest BCUT2D eigenvalue weighted by Gasteiger charge is -2.33. The SMILES string of the molecule is COCCCOCCC1(N)CC2CCC1C2. The van der Waals surface area contributed by atoms with Crippen LogP contribution < -0.4 is 5.73 Å². The molecule has 0 aromatic carbocycles. The van der Waals surface area contributed by atoms with Crippen LogP contribution in [0.25, 0.3) is 0 Å². The fourth-order valence-corrected chi connectivity index (χ4v) is 3.46. The molecule has 0 aliphatic heterocycles. The van der Waals surface area contributed by atoms with E-state index in [0.29, 0.717) is 0 Å². The number of hydrogen-bond donors (Lipinski definition) is 1. The first-order valence-electron chi connectivity index (χ1n) is 6.60. The molecule has 0 spiro atoms. The molecule has 2 bridgehead atoms. The molecule has 0 saturated heterocycles. The second-order valence-electron chi connectivity index (χ2n) is 5.52. The maximum Gasteiger partial charge on any atom is 0.0487 e. The van der Waals surface area contributed by atoms with Crippen LogP contribution in [0.15, 0.2) is 0 Å². The number of hydrogen-bond acceptors (Lipinski definition) is 3. The quantitative estimate of drug-likeness (QED) is 0.676.